The molecule has 0 saturated carbocycles. The molecule has 0 aromatic heterocycles. The Balaban J connectivity index is 0.000000403. The summed E-state index contributed by atoms with van der Waals surface area (Å²) in [5.74, 6) is 0. The lowest BCUT2D eigenvalue weighted by molar-refractivity contribution is -0.597. The minimum Gasteiger partial charge on any atom is -0.227 e. The number of halogens is 7. The highest BCUT2D eigenvalue weighted by Gasteiger charge is 2.67. The largest absolute Gasteiger partial charge is 0.499 e. The molecular formula is C24H30F6IO6S3+. The van der Waals surface area contributed by atoms with Gasteiger partial charge in [0.15, 0.2) is 17.0 Å². The maximum Gasteiger partial charge on any atom is 0.499 e. The maximum atomic E-state index is 12.0. The summed E-state index contributed by atoms with van der Waals surface area (Å²) < 4.78 is 135. The number of benzene rings is 2. The molecule has 0 heterocycles. The average molecular weight is 752 g/mol. The van der Waals surface area contributed by atoms with E-state index in [1.807, 2.05) is 0 Å². The first-order chi connectivity index (χ1) is 17.5. The van der Waals surface area contributed by atoms with Crippen molar-refractivity contribution >= 4 is 29.5 Å². The molecule has 0 aliphatic heterocycles. The Morgan fingerprint density at radius 3 is 0.975 bits per heavy atom. The van der Waals surface area contributed by atoms with Crippen LogP contribution in [0.3, 0.4) is 0 Å². The van der Waals surface area contributed by atoms with Crippen molar-refractivity contribution in [3.63, 3.8) is 0 Å². The summed E-state index contributed by atoms with van der Waals surface area (Å²) in [5, 5.41) is 0. The van der Waals surface area contributed by atoms with Gasteiger partial charge < -0.3 is 0 Å². The van der Waals surface area contributed by atoms with Crippen molar-refractivity contribution in [2.24, 2.45) is 0 Å². The second kappa shape index (κ2) is 12.1. The first-order valence-corrected chi connectivity index (χ1v) is 18.4. The van der Waals surface area contributed by atoms with Crippen molar-refractivity contribution < 1.29 is 72.8 Å². The molecule has 0 atom stereocenters. The van der Waals surface area contributed by atoms with Crippen LogP contribution in [-0.4, -0.2) is 46.4 Å². The molecular weight excluding hydrogens is 721 g/mol. The smallest absolute Gasteiger partial charge is 0.227 e. The number of hydrogen-bond donors (Lipinski definition) is 0. The van der Waals surface area contributed by atoms with Crippen molar-refractivity contribution in [2.75, 3.05) is 6.26 Å². The summed E-state index contributed by atoms with van der Waals surface area (Å²) in [5.41, 5.74) is -9.66. The van der Waals surface area contributed by atoms with Gasteiger partial charge in [-0.3, -0.25) is 0 Å². The van der Waals surface area contributed by atoms with Crippen LogP contribution in [0.2, 0.25) is 0 Å². The second-order valence-electron chi connectivity index (χ2n) is 10.7. The molecule has 0 amide bonds. The predicted octanol–water partition coefficient (Wildman–Crippen LogP) is 2.59. The van der Waals surface area contributed by atoms with Crippen LogP contribution in [0.5, 0.6) is 0 Å². The maximum absolute atomic E-state index is 12.0. The summed E-state index contributed by atoms with van der Waals surface area (Å²) in [6.07, 6.45) is -0.371. The molecule has 16 heteroatoms. The van der Waals surface area contributed by atoms with Crippen molar-refractivity contribution in [1.82, 2.24) is 0 Å². The number of alkyl halides is 6. The Morgan fingerprint density at radius 2 is 0.800 bits per heavy atom. The van der Waals surface area contributed by atoms with Gasteiger partial charge in [-0.2, -0.15) is 26.3 Å². The predicted molar refractivity (Wildman–Crippen MR) is 136 cm³/mol. The van der Waals surface area contributed by atoms with E-state index in [1.165, 1.54) is 18.3 Å². The molecule has 0 aliphatic carbocycles. The van der Waals surface area contributed by atoms with E-state index < -0.39 is 44.4 Å². The summed E-state index contributed by atoms with van der Waals surface area (Å²) in [6.45, 7) is 13.6. The normalized spacial score (nSPS) is 14.1. The fourth-order valence-electron chi connectivity index (χ4n) is 3.00. The molecule has 228 valence electrons. The Labute approximate surface area is 241 Å². The molecule has 0 aliphatic rings. The topological polar surface area (TPSA) is 102 Å². The van der Waals surface area contributed by atoms with E-state index >= 15 is 0 Å². The summed E-state index contributed by atoms with van der Waals surface area (Å²) in [4.78, 5) is 0. The zero-order chi connectivity index (χ0) is 31.8. The fraction of sp³-hybridized carbons (Fsp3) is 0.500. The van der Waals surface area contributed by atoms with Gasteiger partial charge in [-0.25, -0.2) is 25.3 Å². The highest BCUT2D eigenvalue weighted by atomic mass is 127. The third-order valence-electron chi connectivity index (χ3n) is 5.14. The highest BCUT2D eigenvalue weighted by Crippen LogP contribution is 2.38. The lowest BCUT2D eigenvalue weighted by Gasteiger charge is -2.19. The van der Waals surface area contributed by atoms with Crippen LogP contribution in [0.4, 0.5) is 26.3 Å². The molecule has 2 aromatic rings. The Hall–Kier alpha value is -1.40. The molecule has 0 fully saturated rings. The monoisotopic (exact) mass is 751 g/mol. The van der Waals surface area contributed by atoms with E-state index in [0.29, 0.717) is 0 Å². The molecule has 6 nitrogen and oxygen atoms in total. The van der Waals surface area contributed by atoms with Gasteiger partial charge in [-0.05, 0) is 46.2 Å². The Kier molecular flexibility index (Phi) is 11.1. The van der Waals surface area contributed by atoms with Gasteiger partial charge in [-0.1, -0.05) is 65.8 Å². The van der Waals surface area contributed by atoms with Crippen molar-refractivity contribution in [3.8, 4) is 0 Å². The minimum absolute atomic E-state index is 0.0703. The van der Waals surface area contributed by atoms with Gasteiger partial charge in [0, 0.05) is 6.26 Å². The van der Waals surface area contributed by atoms with Crippen LogP contribution < -0.4 is 21.2 Å². The highest BCUT2D eigenvalue weighted by molar-refractivity contribution is 8.24. The SMILES string of the molecule is CC(C)(C)c1ccc([I+]c2ccc(C(C)(C)C)cc2)cc1.CS(=O)(=O)C(S(=O)(=O)C(F)(F)F)S(=O)(=O)C(F)(F)F. The van der Waals surface area contributed by atoms with Gasteiger partial charge in [-0.15, -0.1) is 0 Å². The molecule has 2 rings (SSSR count). The van der Waals surface area contributed by atoms with Crippen LogP contribution in [0.1, 0.15) is 52.7 Å². The summed E-state index contributed by atoms with van der Waals surface area (Å²) >= 11 is -0.0703. The van der Waals surface area contributed by atoms with Gasteiger partial charge in [0.1, 0.15) is 0 Å². The number of rotatable bonds is 5. The first-order valence-electron chi connectivity index (χ1n) is 11.2. The van der Waals surface area contributed by atoms with Crippen LogP contribution >= 0.6 is 0 Å². The molecule has 0 saturated heterocycles. The Bertz CT molecular complexity index is 1380. The van der Waals surface area contributed by atoms with E-state index in [1.54, 1.807) is 0 Å². The molecule has 2 aromatic carbocycles. The zero-order valence-electron chi connectivity index (χ0n) is 22.5. The van der Waals surface area contributed by atoms with Crippen molar-refractivity contribution in [1.29, 1.82) is 0 Å². The average Bonchev–Trinajstić information content (AvgIpc) is 2.70. The van der Waals surface area contributed by atoms with Crippen LogP contribution in [0.15, 0.2) is 48.5 Å². The molecule has 0 bridgehead atoms. The molecule has 0 radical (unpaired) electrons. The van der Waals surface area contributed by atoms with E-state index in [-0.39, 0.29) is 38.3 Å². The fourth-order valence-corrected chi connectivity index (χ4v) is 11.9. The Morgan fingerprint density at radius 1 is 0.550 bits per heavy atom. The zero-order valence-corrected chi connectivity index (χ0v) is 27.1. The van der Waals surface area contributed by atoms with Gasteiger partial charge in [0.2, 0.25) is 0 Å². The van der Waals surface area contributed by atoms with E-state index in [0.717, 1.165) is 0 Å². The van der Waals surface area contributed by atoms with E-state index in [9.17, 15) is 51.6 Å². The van der Waals surface area contributed by atoms with Crippen LogP contribution in [-0.2, 0) is 40.3 Å². The first kappa shape index (κ1) is 36.6. The number of hydrogen-bond acceptors (Lipinski definition) is 6. The molecule has 40 heavy (non-hydrogen) atoms. The third kappa shape index (κ3) is 9.31. The number of sulfone groups is 3. The summed E-state index contributed by atoms with van der Waals surface area (Å²) in [7, 11) is -20.0. The lowest BCUT2D eigenvalue weighted by atomic mass is 9.87. The van der Waals surface area contributed by atoms with Crippen molar-refractivity contribution in [2.45, 2.75) is 67.3 Å². The lowest BCUT2D eigenvalue weighted by Crippen LogP contribution is -3.61. The molecule has 0 N–H and O–H groups in total. The van der Waals surface area contributed by atoms with E-state index in [2.05, 4.69) is 90.1 Å². The van der Waals surface area contributed by atoms with Gasteiger partial charge in [0.05, 0.1) is 0 Å². The van der Waals surface area contributed by atoms with Crippen LogP contribution in [0, 0.1) is 7.14 Å². The standard InChI is InChI=1S/C20H26I.C4H4F6O6S3/c1-19(2,3)15-7-11-17(12-8-15)21-18-13-9-16(10-14-18)20(4,5)6;1-17(11,12)2(18(13,14)3(5,6)7)19(15,16)4(8,9)10/h7-14H,1-6H3;2H,1H3/q+1;. The van der Waals surface area contributed by atoms with Crippen LogP contribution in [0.25, 0.3) is 0 Å². The molecule has 0 spiro atoms. The summed E-state index contributed by atoms with van der Waals surface area (Å²) in [6, 6.07) is 18.4. The van der Waals surface area contributed by atoms with Gasteiger partial charge in [0.25, 0.3) is 23.6 Å². The molecule has 0 unspecified atom stereocenters. The quantitative estimate of drug-likeness (QED) is 0.344. The second-order valence-corrected chi connectivity index (χ2v) is 20.8. The van der Waals surface area contributed by atoms with Gasteiger partial charge >= 0.3 is 32.2 Å². The van der Waals surface area contributed by atoms with Crippen molar-refractivity contribution in [3.05, 3.63) is 66.8 Å². The third-order valence-corrected chi connectivity index (χ3v) is 16.0. The minimum atomic E-state index is -7.13. The van der Waals surface area contributed by atoms with E-state index in [4.69, 9.17) is 0 Å².